The number of carbonyl (C=O) groups excluding carboxylic acids is 1. The van der Waals surface area contributed by atoms with Gasteiger partial charge in [0.2, 0.25) is 5.91 Å². The monoisotopic (exact) mass is 281 g/mol. The first-order chi connectivity index (χ1) is 10.2. The molecule has 108 valence electrons. The standard InChI is InChI=1S/C17H19N3O/c18-15-7-3-4-8-16(15)19-17(21)12-20-10-9-13-5-1-2-6-14(13)11-20/h1-8H,9-12,18H2,(H,19,21). The number of benzene rings is 2. The number of carbonyl (C=O) groups is 1. The van der Waals surface area contributed by atoms with E-state index >= 15 is 0 Å². The molecule has 2 aromatic rings. The van der Waals surface area contributed by atoms with Crippen LogP contribution >= 0.6 is 0 Å². The first-order valence-electron chi connectivity index (χ1n) is 7.16. The molecular weight excluding hydrogens is 262 g/mol. The van der Waals surface area contributed by atoms with Gasteiger partial charge in [-0.25, -0.2) is 0 Å². The molecule has 3 rings (SSSR count). The van der Waals surface area contributed by atoms with Crippen molar-refractivity contribution in [2.45, 2.75) is 13.0 Å². The summed E-state index contributed by atoms with van der Waals surface area (Å²) in [6, 6.07) is 15.7. The Morgan fingerprint density at radius 1 is 1.10 bits per heavy atom. The molecule has 1 aliphatic heterocycles. The topological polar surface area (TPSA) is 58.4 Å². The van der Waals surface area contributed by atoms with Gasteiger partial charge in [-0.3, -0.25) is 9.69 Å². The molecule has 3 N–H and O–H groups in total. The molecule has 1 amide bonds. The highest BCUT2D eigenvalue weighted by molar-refractivity contribution is 5.95. The predicted molar refractivity (Wildman–Crippen MR) is 84.9 cm³/mol. The van der Waals surface area contributed by atoms with E-state index in [9.17, 15) is 4.79 Å². The Morgan fingerprint density at radius 3 is 2.62 bits per heavy atom. The number of nitrogen functional groups attached to an aromatic ring is 1. The SMILES string of the molecule is Nc1ccccc1NC(=O)CN1CCc2ccccc2C1. The second-order valence-electron chi connectivity index (χ2n) is 5.36. The fourth-order valence-corrected chi connectivity index (χ4v) is 2.69. The van der Waals surface area contributed by atoms with Crippen LogP contribution in [0.15, 0.2) is 48.5 Å². The molecule has 0 saturated carbocycles. The highest BCUT2D eigenvalue weighted by Crippen LogP contribution is 2.19. The third kappa shape index (κ3) is 3.23. The maximum absolute atomic E-state index is 12.1. The second kappa shape index (κ2) is 5.97. The van der Waals surface area contributed by atoms with Crippen molar-refractivity contribution in [2.75, 3.05) is 24.1 Å². The van der Waals surface area contributed by atoms with E-state index in [4.69, 9.17) is 5.73 Å². The molecule has 0 fully saturated rings. The number of amides is 1. The number of hydrogen-bond donors (Lipinski definition) is 2. The summed E-state index contributed by atoms with van der Waals surface area (Å²) in [6.07, 6.45) is 0.997. The van der Waals surface area contributed by atoms with Crippen LogP contribution in [0.5, 0.6) is 0 Å². The molecule has 0 spiro atoms. The van der Waals surface area contributed by atoms with Crippen LogP contribution < -0.4 is 11.1 Å². The van der Waals surface area contributed by atoms with Crippen LogP contribution in [-0.2, 0) is 17.8 Å². The lowest BCUT2D eigenvalue weighted by atomic mass is 10.00. The van der Waals surface area contributed by atoms with Gasteiger partial charge in [0, 0.05) is 13.1 Å². The molecule has 1 heterocycles. The number of nitrogens with two attached hydrogens (primary N) is 1. The number of para-hydroxylation sites is 2. The third-order valence-electron chi connectivity index (χ3n) is 3.81. The zero-order chi connectivity index (χ0) is 14.7. The average Bonchev–Trinajstić information content (AvgIpc) is 2.49. The number of nitrogens with zero attached hydrogens (tertiary/aromatic N) is 1. The zero-order valence-electron chi connectivity index (χ0n) is 11.9. The average molecular weight is 281 g/mol. The first-order valence-corrected chi connectivity index (χ1v) is 7.16. The van der Waals surface area contributed by atoms with E-state index < -0.39 is 0 Å². The van der Waals surface area contributed by atoms with Gasteiger partial charge < -0.3 is 11.1 Å². The number of rotatable bonds is 3. The summed E-state index contributed by atoms with van der Waals surface area (Å²) in [6.45, 7) is 2.13. The molecular formula is C17H19N3O. The maximum Gasteiger partial charge on any atom is 0.238 e. The van der Waals surface area contributed by atoms with E-state index in [2.05, 4.69) is 28.4 Å². The molecule has 0 saturated heterocycles. The molecule has 0 aromatic heterocycles. The van der Waals surface area contributed by atoms with Gasteiger partial charge in [-0.2, -0.15) is 0 Å². The van der Waals surface area contributed by atoms with Crippen molar-refractivity contribution < 1.29 is 4.79 Å². The van der Waals surface area contributed by atoms with E-state index in [1.165, 1.54) is 11.1 Å². The van der Waals surface area contributed by atoms with Crippen LogP contribution in [0.4, 0.5) is 11.4 Å². The first kappa shape index (κ1) is 13.6. The lowest BCUT2D eigenvalue weighted by Crippen LogP contribution is -2.37. The molecule has 2 aromatic carbocycles. The van der Waals surface area contributed by atoms with E-state index in [0.29, 0.717) is 17.9 Å². The van der Waals surface area contributed by atoms with Crippen LogP contribution in [0, 0.1) is 0 Å². The van der Waals surface area contributed by atoms with Crippen molar-refractivity contribution >= 4 is 17.3 Å². The van der Waals surface area contributed by atoms with Gasteiger partial charge in [-0.1, -0.05) is 36.4 Å². The van der Waals surface area contributed by atoms with Crippen molar-refractivity contribution in [3.8, 4) is 0 Å². The minimum atomic E-state index is -0.0210. The van der Waals surface area contributed by atoms with Gasteiger partial charge in [0.25, 0.3) is 0 Å². The van der Waals surface area contributed by atoms with E-state index in [-0.39, 0.29) is 5.91 Å². The number of hydrogen-bond acceptors (Lipinski definition) is 3. The van der Waals surface area contributed by atoms with Gasteiger partial charge in [0.05, 0.1) is 17.9 Å². The highest BCUT2D eigenvalue weighted by Gasteiger charge is 2.18. The van der Waals surface area contributed by atoms with E-state index in [1.807, 2.05) is 24.3 Å². The van der Waals surface area contributed by atoms with Gasteiger partial charge in [-0.15, -0.1) is 0 Å². The molecule has 0 radical (unpaired) electrons. The van der Waals surface area contributed by atoms with Crippen molar-refractivity contribution in [1.29, 1.82) is 0 Å². The Hall–Kier alpha value is -2.33. The quantitative estimate of drug-likeness (QED) is 0.849. The summed E-state index contributed by atoms with van der Waals surface area (Å²) in [5, 5.41) is 2.88. The minimum absolute atomic E-state index is 0.0210. The number of anilines is 2. The largest absolute Gasteiger partial charge is 0.397 e. The van der Waals surface area contributed by atoms with Crippen LogP contribution in [0.3, 0.4) is 0 Å². The summed E-state index contributed by atoms with van der Waals surface area (Å²) < 4.78 is 0. The fraction of sp³-hybridized carbons (Fsp3) is 0.235. The summed E-state index contributed by atoms with van der Waals surface area (Å²) >= 11 is 0. The zero-order valence-corrected chi connectivity index (χ0v) is 11.9. The molecule has 0 atom stereocenters. The Morgan fingerprint density at radius 2 is 1.81 bits per heavy atom. The lowest BCUT2D eigenvalue weighted by molar-refractivity contribution is -0.117. The Labute approximate surface area is 124 Å². The van der Waals surface area contributed by atoms with Crippen molar-refractivity contribution in [1.82, 2.24) is 4.90 Å². The van der Waals surface area contributed by atoms with Crippen molar-refractivity contribution in [3.63, 3.8) is 0 Å². The van der Waals surface area contributed by atoms with Crippen LogP contribution in [0.1, 0.15) is 11.1 Å². The summed E-state index contributed by atoms with van der Waals surface area (Å²) in [5.74, 6) is -0.0210. The summed E-state index contributed by atoms with van der Waals surface area (Å²) in [7, 11) is 0. The van der Waals surface area contributed by atoms with Gasteiger partial charge in [-0.05, 0) is 29.7 Å². The summed E-state index contributed by atoms with van der Waals surface area (Å²) in [5.41, 5.74) is 9.82. The van der Waals surface area contributed by atoms with Crippen molar-refractivity contribution in [2.24, 2.45) is 0 Å². The van der Waals surface area contributed by atoms with E-state index in [0.717, 1.165) is 19.5 Å². The normalized spacial score (nSPS) is 14.5. The molecule has 21 heavy (non-hydrogen) atoms. The molecule has 0 unspecified atom stereocenters. The number of nitrogens with one attached hydrogen (secondary N) is 1. The Balaban J connectivity index is 1.60. The highest BCUT2D eigenvalue weighted by atomic mass is 16.2. The summed E-state index contributed by atoms with van der Waals surface area (Å²) in [4.78, 5) is 14.3. The van der Waals surface area contributed by atoms with Crippen LogP contribution in [-0.4, -0.2) is 23.9 Å². The van der Waals surface area contributed by atoms with Crippen LogP contribution in [0.2, 0.25) is 0 Å². The predicted octanol–water partition coefficient (Wildman–Crippen LogP) is 2.27. The number of fused-ring (bicyclic) bond motifs is 1. The second-order valence-corrected chi connectivity index (χ2v) is 5.36. The molecule has 4 nitrogen and oxygen atoms in total. The van der Waals surface area contributed by atoms with Crippen molar-refractivity contribution in [3.05, 3.63) is 59.7 Å². The lowest BCUT2D eigenvalue weighted by Gasteiger charge is -2.28. The smallest absolute Gasteiger partial charge is 0.238 e. The molecule has 1 aliphatic rings. The minimum Gasteiger partial charge on any atom is -0.397 e. The maximum atomic E-state index is 12.1. The third-order valence-corrected chi connectivity index (χ3v) is 3.81. The van der Waals surface area contributed by atoms with E-state index in [1.54, 1.807) is 6.07 Å². The molecule has 0 aliphatic carbocycles. The Kier molecular flexibility index (Phi) is 3.88. The van der Waals surface area contributed by atoms with Crippen LogP contribution in [0.25, 0.3) is 0 Å². The fourth-order valence-electron chi connectivity index (χ4n) is 2.69. The Bertz CT molecular complexity index is 654. The van der Waals surface area contributed by atoms with Gasteiger partial charge in [0.1, 0.15) is 0 Å². The van der Waals surface area contributed by atoms with Gasteiger partial charge in [0.15, 0.2) is 0 Å². The molecule has 4 heteroatoms. The molecule has 0 bridgehead atoms. The van der Waals surface area contributed by atoms with Gasteiger partial charge >= 0.3 is 0 Å².